The molecule has 3 rings (SSSR count). The summed E-state index contributed by atoms with van der Waals surface area (Å²) in [7, 11) is 0. The van der Waals surface area contributed by atoms with Crippen molar-refractivity contribution in [2.75, 3.05) is 0 Å². The van der Waals surface area contributed by atoms with Crippen LogP contribution in [0.2, 0.25) is 0 Å². The maximum absolute atomic E-state index is 13.4. The zero-order valence-electron chi connectivity index (χ0n) is 10.3. The lowest BCUT2D eigenvalue weighted by Gasteiger charge is -1.97. The molecule has 1 aliphatic rings. The minimum absolute atomic E-state index is 0.239. The van der Waals surface area contributed by atoms with Crippen molar-refractivity contribution in [3.8, 4) is 11.4 Å². The molecule has 0 amide bonds. The molecule has 18 heavy (non-hydrogen) atoms. The van der Waals surface area contributed by atoms with Gasteiger partial charge in [-0.3, -0.25) is 0 Å². The van der Waals surface area contributed by atoms with Gasteiger partial charge in [-0.05, 0) is 30.9 Å². The van der Waals surface area contributed by atoms with Gasteiger partial charge in [-0.25, -0.2) is 4.39 Å². The van der Waals surface area contributed by atoms with Crippen LogP contribution in [0.15, 0.2) is 22.7 Å². The van der Waals surface area contributed by atoms with Crippen molar-refractivity contribution in [2.24, 2.45) is 5.92 Å². The topological polar surface area (TPSA) is 38.9 Å². The first kappa shape index (κ1) is 11.4. The molecule has 0 radical (unpaired) electrons. The van der Waals surface area contributed by atoms with Gasteiger partial charge in [0.2, 0.25) is 11.7 Å². The first-order chi connectivity index (χ1) is 8.72. The first-order valence-corrected chi connectivity index (χ1v) is 6.31. The lowest BCUT2D eigenvalue weighted by Crippen LogP contribution is -1.88. The maximum Gasteiger partial charge on any atom is 0.226 e. The van der Waals surface area contributed by atoms with Crippen LogP contribution in [0.1, 0.15) is 30.7 Å². The fraction of sp³-hybridized carbons (Fsp3) is 0.429. The highest BCUT2D eigenvalue weighted by atomic mass is 19.1. The Balaban J connectivity index is 1.76. The Morgan fingerprint density at radius 2 is 2.22 bits per heavy atom. The van der Waals surface area contributed by atoms with Gasteiger partial charge in [0.1, 0.15) is 5.82 Å². The molecule has 0 saturated heterocycles. The van der Waals surface area contributed by atoms with Gasteiger partial charge in [-0.1, -0.05) is 30.1 Å². The predicted octanol–water partition coefficient (Wildman–Crippen LogP) is 3.53. The van der Waals surface area contributed by atoms with Crippen molar-refractivity contribution in [3.05, 3.63) is 35.5 Å². The molecule has 0 bridgehead atoms. The highest BCUT2D eigenvalue weighted by Gasteiger charge is 2.22. The summed E-state index contributed by atoms with van der Waals surface area (Å²) >= 11 is 0. The number of aryl methyl sites for hydroxylation is 2. The second-order valence-electron chi connectivity index (χ2n) is 4.96. The minimum Gasteiger partial charge on any atom is -0.339 e. The van der Waals surface area contributed by atoms with Gasteiger partial charge in [0.25, 0.3) is 0 Å². The predicted molar refractivity (Wildman–Crippen MR) is 65.5 cm³/mol. The fourth-order valence-electron chi connectivity index (χ4n) is 1.94. The third-order valence-corrected chi connectivity index (χ3v) is 3.36. The Hall–Kier alpha value is -1.71. The van der Waals surface area contributed by atoms with E-state index < -0.39 is 0 Å². The van der Waals surface area contributed by atoms with Crippen molar-refractivity contribution < 1.29 is 8.91 Å². The molecule has 2 aromatic rings. The fourth-order valence-corrected chi connectivity index (χ4v) is 1.94. The summed E-state index contributed by atoms with van der Waals surface area (Å²) in [4.78, 5) is 4.31. The number of hydrogen-bond acceptors (Lipinski definition) is 3. The number of nitrogens with zero attached hydrogens (tertiary/aromatic N) is 2. The Kier molecular flexibility index (Phi) is 2.86. The van der Waals surface area contributed by atoms with E-state index in [1.165, 1.54) is 18.9 Å². The molecule has 3 nitrogen and oxygen atoms in total. The van der Waals surface area contributed by atoms with Gasteiger partial charge in [-0.15, -0.1) is 0 Å². The number of rotatable bonds is 4. The number of benzene rings is 1. The summed E-state index contributed by atoms with van der Waals surface area (Å²) in [6.07, 6.45) is 4.59. The third kappa shape index (κ3) is 2.42. The molecule has 1 aromatic heterocycles. The minimum atomic E-state index is -0.239. The highest BCUT2D eigenvalue weighted by molar-refractivity contribution is 5.54. The normalized spacial score (nSPS) is 15.0. The maximum atomic E-state index is 13.4. The van der Waals surface area contributed by atoms with Crippen molar-refractivity contribution >= 4 is 0 Å². The van der Waals surface area contributed by atoms with Gasteiger partial charge in [0.05, 0.1) is 0 Å². The van der Waals surface area contributed by atoms with Gasteiger partial charge < -0.3 is 4.52 Å². The van der Waals surface area contributed by atoms with Crippen LogP contribution in [0.5, 0.6) is 0 Å². The molecule has 1 saturated carbocycles. The molecule has 1 aromatic carbocycles. The molecule has 0 atom stereocenters. The van der Waals surface area contributed by atoms with E-state index in [1.807, 2.05) is 6.07 Å². The summed E-state index contributed by atoms with van der Waals surface area (Å²) in [5.74, 6) is 1.73. The van der Waals surface area contributed by atoms with Gasteiger partial charge >= 0.3 is 0 Å². The number of aromatic nitrogens is 2. The van der Waals surface area contributed by atoms with E-state index in [0.717, 1.165) is 18.8 Å². The van der Waals surface area contributed by atoms with E-state index in [-0.39, 0.29) is 5.82 Å². The molecule has 0 N–H and O–H groups in total. The largest absolute Gasteiger partial charge is 0.339 e. The van der Waals surface area contributed by atoms with Crippen LogP contribution in [-0.2, 0) is 6.42 Å². The lowest BCUT2D eigenvalue weighted by molar-refractivity contribution is 0.373. The van der Waals surface area contributed by atoms with Gasteiger partial charge in [-0.2, -0.15) is 4.98 Å². The van der Waals surface area contributed by atoms with Crippen LogP contribution in [0, 0.1) is 18.7 Å². The number of halogens is 1. The Labute approximate surface area is 105 Å². The summed E-state index contributed by atoms with van der Waals surface area (Å²) in [6.45, 7) is 1.73. The molecule has 0 aliphatic heterocycles. The second kappa shape index (κ2) is 4.52. The van der Waals surface area contributed by atoms with Crippen molar-refractivity contribution in [1.29, 1.82) is 0 Å². The smallest absolute Gasteiger partial charge is 0.226 e. The van der Waals surface area contributed by atoms with Crippen LogP contribution in [-0.4, -0.2) is 10.1 Å². The van der Waals surface area contributed by atoms with E-state index in [4.69, 9.17) is 4.52 Å². The average Bonchev–Trinajstić information content (AvgIpc) is 3.08. The average molecular weight is 246 g/mol. The van der Waals surface area contributed by atoms with Gasteiger partial charge in [0.15, 0.2) is 0 Å². The second-order valence-corrected chi connectivity index (χ2v) is 4.96. The Morgan fingerprint density at radius 3 is 2.94 bits per heavy atom. The Bertz CT molecular complexity index is 561. The third-order valence-electron chi connectivity index (χ3n) is 3.36. The highest BCUT2D eigenvalue weighted by Crippen LogP contribution is 2.33. The van der Waals surface area contributed by atoms with Crippen molar-refractivity contribution in [3.63, 3.8) is 0 Å². The SMILES string of the molecule is Cc1ccc(-c2noc(CCC3CC3)n2)cc1F. The molecule has 0 spiro atoms. The van der Waals surface area contributed by atoms with Crippen molar-refractivity contribution in [1.82, 2.24) is 10.1 Å². The summed E-state index contributed by atoms with van der Waals surface area (Å²) in [5.41, 5.74) is 1.29. The first-order valence-electron chi connectivity index (χ1n) is 6.31. The van der Waals surface area contributed by atoms with Crippen LogP contribution < -0.4 is 0 Å². The van der Waals surface area contributed by atoms with Crippen LogP contribution >= 0.6 is 0 Å². The summed E-state index contributed by atoms with van der Waals surface area (Å²) in [5, 5.41) is 3.90. The zero-order valence-corrected chi connectivity index (χ0v) is 10.3. The molecule has 0 unspecified atom stereocenters. The molecule has 1 heterocycles. The zero-order chi connectivity index (χ0) is 12.5. The van der Waals surface area contributed by atoms with Crippen LogP contribution in [0.3, 0.4) is 0 Å². The van der Waals surface area contributed by atoms with E-state index in [9.17, 15) is 4.39 Å². The van der Waals surface area contributed by atoms with E-state index in [2.05, 4.69) is 10.1 Å². The molecule has 94 valence electrons. The molecule has 4 heteroatoms. The van der Waals surface area contributed by atoms with E-state index >= 15 is 0 Å². The quantitative estimate of drug-likeness (QED) is 0.828. The molecule has 1 aliphatic carbocycles. The monoisotopic (exact) mass is 246 g/mol. The molecule has 1 fully saturated rings. The number of hydrogen-bond donors (Lipinski definition) is 0. The molecular weight excluding hydrogens is 231 g/mol. The van der Waals surface area contributed by atoms with Crippen molar-refractivity contribution in [2.45, 2.75) is 32.6 Å². The summed E-state index contributed by atoms with van der Waals surface area (Å²) in [6, 6.07) is 4.99. The molecular formula is C14H15FN2O. The van der Waals surface area contributed by atoms with E-state index in [1.54, 1.807) is 13.0 Å². The van der Waals surface area contributed by atoms with Gasteiger partial charge in [0, 0.05) is 12.0 Å². The van der Waals surface area contributed by atoms with Crippen LogP contribution in [0.25, 0.3) is 11.4 Å². The standard InChI is InChI=1S/C14H15FN2O/c1-9-2-6-11(8-12(9)15)14-16-13(18-17-14)7-5-10-3-4-10/h2,6,8,10H,3-5,7H2,1H3. The van der Waals surface area contributed by atoms with Crippen LogP contribution in [0.4, 0.5) is 4.39 Å². The summed E-state index contributed by atoms with van der Waals surface area (Å²) < 4.78 is 18.6. The van der Waals surface area contributed by atoms with E-state index in [0.29, 0.717) is 22.8 Å². The lowest BCUT2D eigenvalue weighted by atomic mass is 10.1. The Morgan fingerprint density at radius 1 is 1.39 bits per heavy atom.